The Bertz CT molecular complexity index is 525. The van der Waals surface area contributed by atoms with Crippen molar-refractivity contribution in [1.29, 1.82) is 0 Å². The van der Waals surface area contributed by atoms with Crippen molar-refractivity contribution < 1.29 is 4.74 Å². The van der Waals surface area contributed by atoms with Gasteiger partial charge in [0.05, 0.1) is 0 Å². The van der Waals surface area contributed by atoms with Crippen LogP contribution in [-0.4, -0.2) is 13.7 Å². The molecular formula is C18H24N2O. The second-order valence-corrected chi connectivity index (χ2v) is 5.50. The lowest BCUT2D eigenvalue weighted by atomic mass is 9.95. The Morgan fingerprint density at radius 1 is 1.00 bits per heavy atom. The third-order valence-electron chi connectivity index (χ3n) is 3.71. The summed E-state index contributed by atoms with van der Waals surface area (Å²) in [4.78, 5) is 0. The maximum Gasteiger partial charge on any atom is 0.0488 e. The fraction of sp³-hybridized carbons (Fsp3) is 0.333. The van der Waals surface area contributed by atoms with E-state index >= 15 is 0 Å². The highest BCUT2D eigenvalue weighted by Crippen LogP contribution is 2.25. The number of nitrogens with one attached hydrogen (secondary N) is 1. The molecule has 0 bridgehead atoms. The molecule has 2 unspecified atom stereocenters. The predicted octanol–water partition coefficient (Wildman–Crippen LogP) is 3.53. The normalized spacial score (nSPS) is 13.9. The van der Waals surface area contributed by atoms with Crippen molar-refractivity contribution in [3.63, 3.8) is 0 Å². The van der Waals surface area contributed by atoms with Crippen molar-refractivity contribution in [3.8, 4) is 11.1 Å². The van der Waals surface area contributed by atoms with Gasteiger partial charge in [0.2, 0.25) is 0 Å². The SMILES string of the molecule is COCC(C)CC(NN)c1ccc(-c2ccccc2)cc1. The fourth-order valence-corrected chi connectivity index (χ4v) is 2.59. The fourth-order valence-electron chi connectivity index (χ4n) is 2.59. The van der Waals surface area contributed by atoms with E-state index in [9.17, 15) is 0 Å². The van der Waals surface area contributed by atoms with Gasteiger partial charge in [-0.2, -0.15) is 0 Å². The molecule has 0 radical (unpaired) electrons. The van der Waals surface area contributed by atoms with Crippen LogP contribution in [0.3, 0.4) is 0 Å². The minimum atomic E-state index is 0.153. The summed E-state index contributed by atoms with van der Waals surface area (Å²) in [5.74, 6) is 6.17. The average Bonchev–Trinajstić information content (AvgIpc) is 2.54. The number of ether oxygens (including phenoxy) is 1. The molecule has 112 valence electrons. The summed E-state index contributed by atoms with van der Waals surface area (Å²) in [6.45, 7) is 2.92. The van der Waals surface area contributed by atoms with E-state index in [4.69, 9.17) is 10.6 Å². The largest absolute Gasteiger partial charge is 0.384 e. The van der Waals surface area contributed by atoms with Gasteiger partial charge >= 0.3 is 0 Å². The number of rotatable bonds is 7. The van der Waals surface area contributed by atoms with Crippen LogP contribution < -0.4 is 11.3 Å². The first-order chi connectivity index (χ1) is 10.2. The lowest BCUT2D eigenvalue weighted by Gasteiger charge is -2.20. The van der Waals surface area contributed by atoms with E-state index in [1.807, 2.05) is 6.07 Å². The van der Waals surface area contributed by atoms with E-state index in [0.717, 1.165) is 13.0 Å². The number of hydrogen-bond acceptors (Lipinski definition) is 3. The molecule has 2 aromatic rings. The number of nitrogens with two attached hydrogens (primary N) is 1. The molecule has 21 heavy (non-hydrogen) atoms. The summed E-state index contributed by atoms with van der Waals surface area (Å²) in [5.41, 5.74) is 6.57. The van der Waals surface area contributed by atoms with Gasteiger partial charge < -0.3 is 4.74 Å². The van der Waals surface area contributed by atoms with E-state index in [-0.39, 0.29) is 6.04 Å². The molecule has 2 aromatic carbocycles. The van der Waals surface area contributed by atoms with Crippen LogP contribution in [-0.2, 0) is 4.74 Å². The summed E-state index contributed by atoms with van der Waals surface area (Å²) in [7, 11) is 1.73. The summed E-state index contributed by atoms with van der Waals surface area (Å²) < 4.78 is 5.19. The molecule has 0 amide bonds. The Labute approximate surface area is 127 Å². The van der Waals surface area contributed by atoms with Crippen LogP contribution in [0.4, 0.5) is 0 Å². The van der Waals surface area contributed by atoms with Crippen molar-refractivity contribution in [2.75, 3.05) is 13.7 Å². The lowest BCUT2D eigenvalue weighted by Crippen LogP contribution is -2.30. The van der Waals surface area contributed by atoms with E-state index < -0.39 is 0 Å². The molecule has 0 aliphatic heterocycles. The van der Waals surface area contributed by atoms with Gasteiger partial charge in [0, 0.05) is 19.8 Å². The van der Waals surface area contributed by atoms with Crippen LogP contribution in [0.2, 0.25) is 0 Å². The highest BCUT2D eigenvalue weighted by Gasteiger charge is 2.14. The van der Waals surface area contributed by atoms with E-state index in [1.54, 1.807) is 7.11 Å². The third-order valence-corrected chi connectivity index (χ3v) is 3.71. The van der Waals surface area contributed by atoms with Crippen LogP contribution in [0.1, 0.15) is 24.9 Å². The first-order valence-electron chi connectivity index (χ1n) is 7.35. The monoisotopic (exact) mass is 284 g/mol. The van der Waals surface area contributed by atoms with E-state index in [0.29, 0.717) is 5.92 Å². The Morgan fingerprint density at radius 2 is 1.62 bits per heavy atom. The Kier molecular flexibility index (Phi) is 5.93. The standard InChI is InChI=1S/C18H24N2O/c1-14(13-21-2)12-18(20-19)17-10-8-16(9-11-17)15-6-4-3-5-7-15/h3-11,14,18,20H,12-13,19H2,1-2H3. The third kappa shape index (κ3) is 4.39. The minimum absolute atomic E-state index is 0.153. The van der Waals surface area contributed by atoms with Gasteiger partial charge in [-0.15, -0.1) is 0 Å². The van der Waals surface area contributed by atoms with Crippen molar-refractivity contribution in [2.45, 2.75) is 19.4 Å². The van der Waals surface area contributed by atoms with Gasteiger partial charge in [0.15, 0.2) is 0 Å². The van der Waals surface area contributed by atoms with Crippen LogP contribution in [0.5, 0.6) is 0 Å². The average molecular weight is 284 g/mol. The molecule has 3 heteroatoms. The molecule has 3 nitrogen and oxygen atoms in total. The van der Waals surface area contributed by atoms with Gasteiger partial charge in [-0.1, -0.05) is 61.5 Å². The molecular weight excluding hydrogens is 260 g/mol. The maximum absolute atomic E-state index is 5.71. The van der Waals surface area contributed by atoms with E-state index in [1.165, 1.54) is 16.7 Å². The summed E-state index contributed by atoms with van der Waals surface area (Å²) >= 11 is 0. The zero-order chi connectivity index (χ0) is 15.1. The topological polar surface area (TPSA) is 47.3 Å². The van der Waals surface area contributed by atoms with Crippen molar-refractivity contribution in [3.05, 3.63) is 60.2 Å². The second-order valence-electron chi connectivity index (χ2n) is 5.50. The first-order valence-corrected chi connectivity index (χ1v) is 7.35. The molecule has 0 heterocycles. The molecule has 0 saturated carbocycles. The summed E-state index contributed by atoms with van der Waals surface area (Å²) in [6, 6.07) is 19.1. The number of hydrazine groups is 1. The predicted molar refractivity (Wildman–Crippen MR) is 87.6 cm³/mol. The van der Waals surface area contributed by atoms with E-state index in [2.05, 4.69) is 60.9 Å². The molecule has 0 fully saturated rings. The van der Waals surface area contributed by atoms with Gasteiger partial charge in [-0.05, 0) is 29.0 Å². The van der Waals surface area contributed by atoms with Gasteiger partial charge in [-0.3, -0.25) is 11.3 Å². The molecule has 0 aromatic heterocycles. The quantitative estimate of drug-likeness (QED) is 0.604. The molecule has 2 atom stereocenters. The molecule has 0 aliphatic rings. The summed E-state index contributed by atoms with van der Waals surface area (Å²) in [6.07, 6.45) is 0.953. The van der Waals surface area contributed by atoms with Gasteiger partial charge in [0.25, 0.3) is 0 Å². The zero-order valence-corrected chi connectivity index (χ0v) is 12.8. The van der Waals surface area contributed by atoms with Crippen molar-refractivity contribution in [1.82, 2.24) is 5.43 Å². The van der Waals surface area contributed by atoms with Gasteiger partial charge in [-0.25, -0.2) is 0 Å². The Balaban J connectivity index is 2.09. The Hall–Kier alpha value is -1.68. The molecule has 2 rings (SSSR count). The maximum atomic E-state index is 5.71. The number of hydrogen-bond donors (Lipinski definition) is 2. The minimum Gasteiger partial charge on any atom is -0.384 e. The highest BCUT2D eigenvalue weighted by atomic mass is 16.5. The molecule has 0 spiro atoms. The van der Waals surface area contributed by atoms with Crippen molar-refractivity contribution >= 4 is 0 Å². The molecule has 0 aliphatic carbocycles. The Morgan fingerprint density at radius 3 is 2.19 bits per heavy atom. The zero-order valence-electron chi connectivity index (χ0n) is 12.8. The van der Waals surface area contributed by atoms with Gasteiger partial charge in [0.1, 0.15) is 0 Å². The summed E-state index contributed by atoms with van der Waals surface area (Å²) in [5, 5.41) is 0. The highest BCUT2D eigenvalue weighted by molar-refractivity contribution is 5.63. The lowest BCUT2D eigenvalue weighted by molar-refractivity contribution is 0.149. The number of benzene rings is 2. The first kappa shape index (κ1) is 15.7. The van der Waals surface area contributed by atoms with Crippen molar-refractivity contribution in [2.24, 2.45) is 11.8 Å². The molecule has 0 saturated heterocycles. The second kappa shape index (κ2) is 7.93. The van der Waals surface area contributed by atoms with Crippen LogP contribution in [0.15, 0.2) is 54.6 Å². The van der Waals surface area contributed by atoms with Crippen LogP contribution in [0.25, 0.3) is 11.1 Å². The molecule has 3 N–H and O–H groups in total. The van der Waals surface area contributed by atoms with Crippen LogP contribution in [0, 0.1) is 5.92 Å². The number of methoxy groups -OCH3 is 1. The van der Waals surface area contributed by atoms with Crippen LogP contribution >= 0.6 is 0 Å². The smallest absolute Gasteiger partial charge is 0.0488 e.